The van der Waals surface area contributed by atoms with Crippen molar-refractivity contribution >= 4 is 16.8 Å². The van der Waals surface area contributed by atoms with Gasteiger partial charge in [-0.15, -0.1) is 0 Å². The van der Waals surface area contributed by atoms with E-state index in [0.717, 1.165) is 24.2 Å². The first kappa shape index (κ1) is 15.8. The molecular formula is C20H20FN3O. The van der Waals surface area contributed by atoms with Gasteiger partial charge in [0, 0.05) is 30.5 Å². The van der Waals surface area contributed by atoms with Crippen LogP contribution in [0.4, 0.5) is 4.39 Å². The Kier molecular flexibility index (Phi) is 4.01. The van der Waals surface area contributed by atoms with Crippen molar-refractivity contribution < 1.29 is 9.18 Å². The minimum atomic E-state index is -0.299. The highest BCUT2D eigenvalue weighted by Crippen LogP contribution is 2.27. The fourth-order valence-electron chi connectivity index (χ4n) is 3.50. The molecule has 0 spiro atoms. The summed E-state index contributed by atoms with van der Waals surface area (Å²) in [5, 5.41) is 0.716. The van der Waals surface area contributed by atoms with E-state index in [1.165, 1.54) is 12.1 Å². The third-order valence-electron chi connectivity index (χ3n) is 4.84. The van der Waals surface area contributed by atoms with Crippen LogP contribution in [0.3, 0.4) is 0 Å². The normalized spacial score (nSPS) is 18.6. The Bertz CT molecular complexity index is 906. The van der Waals surface area contributed by atoms with Crippen LogP contribution in [0.1, 0.15) is 22.1 Å². The maximum Gasteiger partial charge on any atom is 0.270 e. The van der Waals surface area contributed by atoms with Gasteiger partial charge in [-0.3, -0.25) is 4.79 Å². The standard InChI is InChI=1S/C20H20FN3O/c1-23-9-10-24(19(13-23)14-5-3-2-4-6-14)20(25)18-12-15-11-16(21)7-8-17(15)22-18/h2-8,11-12,19,22H,9-10,13H2,1H3/t19-/m0/s1. The smallest absolute Gasteiger partial charge is 0.270 e. The molecule has 0 radical (unpaired) electrons. The molecule has 3 aromatic rings. The van der Waals surface area contributed by atoms with Gasteiger partial charge < -0.3 is 14.8 Å². The average Bonchev–Trinajstić information content (AvgIpc) is 3.05. The highest BCUT2D eigenvalue weighted by Gasteiger charge is 2.31. The van der Waals surface area contributed by atoms with Crippen molar-refractivity contribution in [2.24, 2.45) is 0 Å². The van der Waals surface area contributed by atoms with Crippen molar-refractivity contribution in [1.29, 1.82) is 0 Å². The summed E-state index contributed by atoms with van der Waals surface area (Å²) in [7, 11) is 2.07. The average molecular weight is 337 g/mol. The molecule has 1 saturated heterocycles. The van der Waals surface area contributed by atoms with E-state index in [0.29, 0.717) is 17.6 Å². The summed E-state index contributed by atoms with van der Waals surface area (Å²) in [6.07, 6.45) is 0. The van der Waals surface area contributed by atoms with E-state index in [-0.39, 0.29) is 17.8 Å². The molecule has 1 atom stereocenters. The number of nitrogens with one attached hydrogen (secondary N) is 1. The number of hydrogen-bond acceptors (Lipinski definition) is 2. The molecular weight excluding hydrogens is 317 g/mol. The second-order valence-electron chi connectivity index (χ2n) is 6.60. The number of benzene rings is 2. The first-order chi connectivity index (χ1) is 12.1. The highest BCUT2D eigenvalue weighted by atomic mass is 19.1. The van der Waals surface area contributed by atoms with Gasteiger partial charge in [0.2, 0.25) is 0 Å². The van der Waals surface area contributed by atoms with E-state index in [9.17, 15) is 9.18 Å². The van der Waals surface area contributed by atoms with Crippen LogP contribution in [0, 0.1) is 5.82 Å². The molecule has 0 unspecified atom stereocenters. The lowest BCUT2D eigenvalue weighted by atomic mass is 10.0. The van der Waals surface area contributed by atoms with Gasteiger partial charge in [0.05, 0.1) is 6.04 Å². The van der Waals surface area contributed by atoms with Crippen LogP contribution in [0.15, 0.2) is 54.6 Å². The zero-order chi connectivity index (χ0) is 17.4. The fraction of sp³-hybridized carbons (Fsp3) is 0.250. The number of carbonyl (C=O) groups excluding carboxylic acids is 1. The number of carbonyl (C=O) groups is 1. The van der Waals surface area contributed by atoms with Crippen molar-refractivity contribution in [1.82, 2.24) is 14.8 Å². The molecule has 25 heavy (non-hydrogen) atoms. The third kappa shape index (κ3) is 3.03. The number of likely N-dealkylation sites (N-methyl/N-ethyl adjacent to an activating group) is 1. The van der Waals surface area contributed by atoms with E-state index in [1.807, 2.05) is 23.1 Å². The quantitative estimate of drug-likeness (QED) is 0.778. The van der Waals surface area contributed by atoms with E-state index in [1.54, 1.807) is 12.1 Å². The first-order valence-corrected chi connectivity index (χ1v) is 8.44. The molecule has 4 nitrogen and oxygen atoms in total. The van der Waals surface area contributed by atoms with E-state index < -0.39 is 0 Å². The number of fused-ring (bicyclic) bond motifs is 1. The van der Waals surface area contributed by atoms with Gasteiger partial charge in [0.15, 0.2) is 0 Å². The monoisotopic (exact) mass is 337 g/mol. The number of aromatic nitrogens is 1. The molecule has 0 saturated carbocycles. The zero-order valence-corrected chi connectivity index (χ0v) is 14.1. The third-order valence-corrected chi connectivity index (χ3v) is 4.84. The van der Waals surface area contributed by atoms with Crippen LogP contribution < -0.4 is 0 Å². The van der Waals surface area contributed by atoms with Gasteiger partial charge in [-0.25, -0.2) is 4.39 Å². The fourth-order valence-corrected chi connectivity index (χ4v) is 3.50. The number of H-pyrrole nitrogens is 1. The largest absolute Gasteiger partial charge is 0.351 e. The summed E-state index contributed by atoms with van der Waals surface area (Å²) in [5.74, 6) is -0.342. The topological polar surface area (TPSA) is 39.3 Å². The number of aromatic amines is 1. The molecule has 0 aliphatic carbocycles. The molecule has 2 aromatic carbocycles. The Labute approximate surface area is 145 Å². The predicted molar refractivity (Wildman–Crippen MR) is 96.0 cm³/mol. The number of rotatable bonds is 2. The molecule has 1 aromatic heterocycles. The van der Waals surface area contributed by atoms with E-state index in [2.05, 4.69) is 29.1 Å². The predicted octanol–water partition coefficient (Wildman–Crippen LogP) is 3.44. The summed E-state index contributed by atoms with van der Waals surface area (Å²) in [6, 6.07) is 16.4. The molecule has 2 heterocycles. The summed E-state index contributed by atoms with van der Waals surface area (Å²) < 4.78 is 13.4. The maximum atomic E-state index is 13.4. The van der Waals surface area contributed by atoms with Crippen LogP contribution in [-0.4, -0.2) is 47.4 Å². The van der Waals surface area contributed by atoms with Crippen LogP contribution in [0.2, 0.25) is 0 Å². The van der Waals surface area contributed by atoms with E-state index in [4.69, 9.17) is 0 Å². The van der Waals surface area contributed by atoms with Crippen molar-refractivity contribution in [2.75, 3.05) is 26.7 Å². The lowest BCUT2D eigenvalue weighted by Crippen LogP contribution is -2.49. The second-order valence-corrected chi connectivity index (χ2v) is 6.60. The zero-order valence-electron chi connectivity index (χ0n) is 14.1. The number of hydrogen-bond donors (Lipinski definition) is 1. The molecule has 1 N–H and O–H groups in total. The molecule has 4 rings (SSSR count). The van der Waals surface area contributed by atoms with Crippen molar-refractivity contribution in [3.05, 3.63) is 71.7 Å². The Morgan fingerprint density at radius 1 is 1.12 bits per heavy atom. The van der Waals surface area contributed by atoms with Crippen molar-refractivity contribution in [3.8, 4) is 0 Å². The van der Waals surface area contributed by atoms with Gasteiger partial charge in [0.1, 0.15) is 11.5 Å². The summed E-state index contributed by atoms with van der Waals surface area (Å²) in [5.41, 5.74) is 2.41. The van der Waals surface area contributed by atoms with Crippen LogP contribution in [0.25, 0.3) is 10.9 Å². The van der Waals surface area contributed by atoms with Crippen LogP contribution in [-0.2, 0) is 0 Å². The minimum Gasteiger partial charge on any atom is -0.351 e. The Morgan fingerprint density at radius 3 is 2.72 bits per heavy atom. The summed E-state index contributed by atoms with van der Waals surface area (Å²) in [4.78, 5) is 20.4. The van der Waals surface area contributed by atoms with Gasteiger partial charge >= 0.3 is 0 Å². The molecule has 128 valence electrons. The molecule has 1 fully saturated rings. The molecule has 1 aliphatic rings. The van der Waals surface area contributed by atoms with Crippen LogP contribution in [0.5, 0.6) is 0 Å². The molecule has 0 bridgehead atoms. The Morgan fingerprint density at radius 2 is 1.92 bits per heavy atom. The highest BCUT2D eigenvalue weighted by molar-refractivity contribution is 5.98. The van der Waals surface area contributed by atoms with Gasteiger partial charge in [0.25, 0.3) is 5.91 Å². The van der Waals surface area contributed by atoms with E-state index >= 15 is 0 Å². The molecule has 5 heteroatoms. The second kappa shape index (κ2) is 6.33. The Hall–Kier alpha value is -2.66. The number of amides is 1. The number of piperazine rings is 1. The number of halogens is 1. The minimum absolute atomic E-state index is 0.00981. The Balaban J connectivity index is 1.68. The SMILES string of the molecule is CN1CCN(C(=O)c2cc3cc(F)ccc3[nH]2)[C@H](c2ccccc2)C1. The van der Waals surface area contributed by atoms with Gasteiger partial charge in [-0.1, -0.05) is 30.3 Å². The summed E-state index contributed by atoms with van der Waals surface area (Å²) >= 11 is 0. The van der Waals surface area contributed by atoms with Crippen molar-refractivity contribution in [2.45, 2.75) is 6.04 Å². The van der Waals surface area contributed by atoms with Gasteiger partial charge in [-0.05, 0) is 36.9 Å². The maximum absolute atomic E-state index is 13.4. The first-order valence-electron chi connectivity index (χ1n) is 8.44. The lowest BCUT2D eigenvalue weighted by Gasteiger charge is -2.40. The van der Waals surface area contributed by atoms with Crippen molar-refractivity contribution in [3.63, 3.8) is 0 Å². The van der Waals surface area contributed by atoms with Gasteiger partial charge in [-0.2, -0.15) is 0 Å². The summed E-state index contributed by atoms with van der Waals surface area (Å²) in [6.45, 7) is 2.30. The van der Waals surface area contributed by atoms with Crippen LogP contribution >= 0.6 is 0 Å². The number of nitrogens with zero attached hydrogens (tertiary/aromatic N) is 2. The lowest BCUT2D eigenvalue weighted by molar-refractivity contribution is 0.0493. The molecule has 1 aliphatic heterocycles. The molecule has 1 amide bonds.